The largest absolute Gasteiger partial charge is 0.405 e. The molecule has 1 aromatic heterocycles. The maximum atomic E-state index is 5.68. The number of nitrogens with one attached hydrogen (secondary N) is 1. The number of hydrogen-bond donors (Lipinski definition) is 2. The Morgan fingerprint density at radius 3 is 2.34 bits per heavy atom. The molecule has 7 rings (SSSR count). The quantitative estimate of drug-likeness (QED) is 0.155. The van der Waals surface area contributed by atoms with Gasteiger partial charge in [0.1, 0.15) is 6.17 Å². The van der Waals surface area contributed by atoms with Crippen molar-refractivity contribution < 1.29 is 0 Å². The van der Waals surface area contributed by atoms with E-state index in [-0.39, 0.29) is 6.17 Å². The Hall–Kier alpha value is -5.81. The van der Waals surface area contributed by atoms with E-state index >= 15 is 0 Å². The summed E-state index contributed by atoms with van der Waals surface area (Å²) in [6.07, 6.45) is 11.0. The van der Waals surface area contributed by atoms with Crippen molar-refractivity contribution in [1.29, 1.82) is 0 Å². The number of aromatic nitrogens is 2. The fourth-order valence-electron chi connectivity index (χ4n) is 5.81. The molecule has 6 aromatic rings. The van der Waals surface area contributed by atoms with Gasteiger partial charge in [0, 0.05) is 22.7 Å². The van der Waals surface area contributed by atoms with Gasteiger partial charge < -0.3 is 11.1 Å². The van der Waals surface area contributed by atoms with Gasteiger partial charge in [-0.15, -0.1) is 0 Å². The molecule has 0 saturated heterocycles. The summed E-state index contributed by atoms with van der Waals surface area (Å²) < 4.78 is 0. The van der Waals surface area contributed by atoms with E-state index in [0.717, 1.165) is 60.9 Å². The molecule has 1 aliphatic rings. The summed E-state index contributed by atoms with van der Waals surface area (Å²) in [6.45, 7) is 2.02. The van der Waals surface area contributed by atoms with Crippen LogP contribution in [0.15, 0.2) is 145 Å². The molecule has 0 amide bonds. The zero-order chi connectivity index (χ0) is 29.9. The van der Waals surface area contributed by atoms with Gasteiger partial charge in [-0.1, -0.05) is 91.0 Å². The zero-order valence-electron chi connectivity index (χ0n) is 24.4. The summed E-state index contributed by atoms with van der Waals surface area (Å²) in [4.78, 5) is 15.1. The van der Waals surface area contributed by atoms with Gasteiger partial charge in [-0.2, -0.15) is 0 Å². The average Bonchev–Trinajstić information content (AvgIpc) is 3.10. The smallest absolute Gasteiger partial charge is 0.160 e. The highest BCUT2D eigenvalue weighted by Gasteiger charge is 2.18. The summed E-state index contributed by atoms with van der Waals surface area (Å²) in [5.41, 5.74) is 14.9. The number of aliphatic imine (C=N–C) groups is 1. The first-order valence-corrected chi connectivity index (χ1v) is 14.7. The van der Waals surface area contributed by atoms with Crippen molar-refractivity contribution >= 4 is 33.5 Å². The molecule has 1 atom stereocenters. The second kappa shape index (κ2) is 11.8. The summed E-state index contributed by atoms with van der Waals surface area (Å²) in [5.74, 6) is 0.672. The van der Waals surface area contributed by atoms with E-state index in [1.807, 2.05) is 37.6 Å². The molecule has 0 spiro atoms. The van der Waals surface area contributed by atoms with Crippen LogP contribution in [0, 0.1) is 0 Å². The third-order valence-corrected chi connectivity index (χ3v) is 7.97. The van der Waals surface area contributed by atoms with E-state index in [9.17, 15) is 0 Å². The number of hydrogen-bond acceptors (Lipinski definition) is 5. The van der Waals surface area contributed by atoms with Crippen molar-refractivity contribution in [2.24, 2.45) is 10.7 Å². The fraction of sp³-hybridized carbons (Fsp3) is 0.0513. The van der Waals surface area contributed by atoms with Gasteiger partial charge in [0.15, 0.2) is 5.82 Å². The van der Waals surface area contributed by atoms with Crippen molar-refractivity contribution in [1.82, 2.24) is 15.3 Å². The topological polar surface area (TPSA) is 76.2 Å². The van der Waals surface area contributed by atoms with Crippen LogP contribution >= 0.6 is 0 Å². The SMILES string of the molecule is C/C=C(\C=C/N)c1ccc(-c2cc(-c3nc(-c4ccccc4)c4c(ccc5ccccc54)n3)cc(C3N=CC=CN3)c2)cc1. The molecule has 0 fully saturated rings. The van der Waals surface area contributed by atoms with Gasteiger partial charge in [0.2, 0.25) is 0 Å². The van der Waals surface area contributed by atoms with Crippen LogP contribution in [0.4, 0.5) is 0 Å². The molecule has 5 heteroatoms. The number of nitrogens with two attached hydrogens (primary N) is 1. The maximum absolute atomic E-state index is 5.68. The van der Waals surface area contributed by atoms with Crippen molar-refractivity contribution in [3.05, 3.63) is 151 Å². The molecule has 44 heavy (non-hydrogen) atoms. The van der Waals surface area contributed by atoms with Crippen LogP contribution in [0.2, 0.25) is 0 Å². The van der Waals surface area contributed by atoms with Crippen LogP contribution in [0.3, 0.4) is 0 Å². The summed E-state index contributed by atoms with van der Waals surface area (Å²) in [6, 6.07) is 38.1. The highest BCUT2D eigenvalue weighted by molar-refractivity contribution is 6.12. The lowest BCUT2D eigenvalue weighted by Crippen LogP contribution is -2.16. The van der Waals surface area contributed by atoms with Crippen LogP contribution in [-0.2, 0) is 0 Å². The molecule has 5 aromatic carbocycles. The molecule has 0 aliphatic carbocycles. The van der Waals surface area contributed by atoms with E-state index in [1.54, 1.807) is 6.20 Å². The van der Waals surface area contributed by atoms with Crippen LogP contribution in [0.25, 0.3) is 61.0 Å². The van der Waals surface area contributed by atoms with Gasteiger partial charge in [0.05, 0.1) is 11.2 Å². The lowest BCUT2D eigenvalue weighted by molar-refractivity contribution is 0.653. The predicted molar refractivity (Wildman–Crippen MR) is 184 cm³/mol. The number of benzene rings is 5. The zero-order valence-corrected chi connectivity index (χ0v) is 24.4. The van der Waals surface area contributed by atoms with Gasteiger partial charge in [-0.25, -0.2) is 9.97 Å². The van der Waals surface area contributed by atoms with Crippen molar-refractivity contribution in [3.63, 3.8) is 0 Å². The van der Waals surface area contributed by atoms with Crippen LogP contribution in [0.5, 0.6) is 0 Å². The molecule has 5 nitrogen and oxygen atoms in total. The number of allylic oxidation sites excluding steroid dienone is 4. The van der Waals surface area contributed by atoms with Crippen molar-refractivity contribution in [3.8, 4) is 33.8 Å². The van der Waals surface area contributed by atoms with Gasteiger partial charge in [-0.05, 0) is 94.3 Å². The fourth-order valence-corrected chi connectivity index (χ4v) is 5.81. The lowest BCUT2D eigenvalue weighted by atomic mass is 9.95. The van der Waals surface area contributed by atoms with Gasteiger partial charge >= 0.3 is 0 Å². The maximum Gasteiger partial charge on any atom is 0.160 e. The molecular weight excluding hydrogens is 538 g/mol. The first kappa shape index (κ1) is 27.0. The Labute approximate surface area is 256 Å². The van der Waals surface area contributed by atoms with Crippen LogP contribution in [0.1, 0.15) is 24.2 Å². The molecule has 1 aliphatic heterocycles. The van der Waals surface area contributed by atoms with E-state index in [4.69, 9.17) is 20.7 Å². The highest BCUT2D eigenvalue weighted by atomic mass is 15.1. The minimum Gasteiger partial charge on any atom is -0.405 e. The average molecular weight is 570 g/mol. The molecule has 0 bridgehead atoms. The summed E-state index contributed by atoms with van der Waals surface area (Å²) in [7, 11) is 0. The summed E-state index contributed by atoms with van der Waals surface area (Å²) >= 11 is 0. The van der Waals surface area contributed by atoms with Gasteiger partial charge in [-0.3, -0.25) is 4.99 Å². The Balaban J connectivity index is 1.43. The van der Waals surface area contributed by atoms with E-state index in [0.29, 0.717) is 5.82 Å². The third-order valence-electron chi connectivity index (χ3n) is 7.97. The first-order valence-electron chi connectivity index (χ1n) is 14.7. The van der Waals surface area contributed by atoms with E-state index in [2.05, 4.69) is 115 Å². The highest BCUT2D eigenvalue weighted by Crippen LogP contribution is 2.36. The van der Waals surface area contributed by atoms with Gasteiger partial charge in [0.25, 0.3) is 0 Å². The molecule has 2 heterocycles. The summed E-state index contributed by atoms with van der Waals surface area (Å²) in [5, 5.41) is 6.74. The minimum absolute atomic E-state index is 0.208. The minimum atomic E-state index is -0.208. The van der Waals surface area contributed by atoms with Crippen LogP contribution in [-0.4, -0.2) is 16.2 Å². The van der Waals surface area contributed by atoms with Crippen molar-refractivity contribution in [2.75, 3.05) is 0 Å². The Bertz CT molecular complexity index is 2110. The lowest BCUT2D eigenvalue weighted by Gasteiger charge is -2.18. The number of fused-ring (bicyclic) bond motifs is 3. The standard InChI is InChI=1S/C39H31N5/c1-2-26(19-20-40)27-13-15-28(16-14-27)31-23-32(38-41-21-8-22-42-38)25-33(24-31)39-43-35-18-17-29-9-6-7-12-34(29)36(35)37(44-39)30-10-4-3-5-11-30/h2-25,38,41H,40H2,1H3/b20-19-,26-2+. The molecule has 212 valence electrons. The molecule has 0 radical (unpaired) electrons. The van der Waals surface area contributed by atoms with Crippen molar-refractivity contribution in [2.45, 2.75) is 13.1 Å². The molecular formula is C39H31N5. The Morgan fingerprint density at radius 1 is 0.773 bits per heavy atom. The first-order chi connectivity index (χ1) is 21.7. The van der Waals surface area contributed by atoms with E-state index in [1.165, 1.54) is 5.39 Å². The Morgan fingerprint density at radius 2 is 1.57 bits per heavy atom. The monoisotopic (exact) mass is 569 g/mol. The molecule has 0 saturated carbocycles. The second-order valence-electron chi connectivity index (χ2n) is 10.7. The second-order valence-corrected chi connectivity index (χ2v) is 10.7. The van der Waals surface area contributed by atoms with E-state index < -0.39 is 0 Å². The Kier molecular flexibility index (Phi) is 7.27. The normalized spacial score (nSPS) is 14.8. The van der Waals surface area contributed by atoms with Crippen LogP contribution < -0.4 is 11.1 Å². The molecule has 1 unspecified atom stereocenters. The third kappa shape index (κ3) is 5.16. The number of nitrogens with zero attached hydrogens (tertiary/aromatic N) is 3. The molecule has 3 N–H and O–H groups in total. The predicted octanol–water partition coefficient (Wildman–Crippen LogP) is 8.85. The number of rotatable bonds is 6.